The summed E-state index contributed by atoms with van der Waals surface area (Å²) in [6.45, 7) is 8.72. The van der Waals surface area contributed by atoms with Crippen LogP contribution in [0.25, 0.3) is 0 Å². The third-order valence-electron chi connectivity index (χ3n) is 7.34. The Balaban J connectivity index is 1.81. The lowest BCUT2D eigenvalue weighted by molar-refractivity contribution is 0.0755. The summed E-state index contributed by atoms with van der Waals surface area (Å²) in [5.74, 6) is -2.32. The maximum Gasteiger partial charge on any atom is 0.253 e. The molecular weight excluding hydrogens is 600 g/mol. The van der Waals surface area contributed by atoms with Crippen molar-refractivity contribution in [1.82, 2.24) is 15.5 Å². The second-order valence-corrected chi connectivity index (χ2v) is 13.5. The summed E-state index contributed by atoms with van der Waals surface area (Å²) >= 11 is 0. The molecule has 8 nitrogen and oxygen atoms in total. The van der Waals surface area contributed by atoms with Gasteiger partial charge in [-0.25, -0.2) is 17.2 Å². The number of aliphatic hydroxyl groups excluding tert-OH is 1. The fraction of sp³-hybridized carbons (Fsp3) is 0.412. The van der Waals surface area contributed by atoms with Crippen LogP contribution in [0.2, 0.25) is 0 Å². The third-order valence-corrected chi connectivity index (χ3v) is 9.07. The molecule has 0 aromatic heterocycles. The fourth-order valence-corrected chi connectivity index (χ4v) is 6.07. The summed E-state index contributed by atoms with van der Waals surface area (Å²) in [4.78, 5) is 28.7. The van der Waals surface area contributed by atoms with Crippen molar-refractivity contribution < 1.29 is 31.9 Å². The number of carbonyl (C=O) groups excluding carboxylic acids is 2. The number of carbonyl (C=O) groups is 2. The van der Waals surface area contributed by atoms with Crippen molar-refractivity contribution in [3.05, 3.63) is 100 Å². The van der Waals surface area contributed by atoms with Crippen molar-refractivity contribution in [3.8, 4) is 0 Å². The number of amides is 2. The Morgan fingerprint density at radius 2 is 1.53 bits per heavy atom. The lowest BCUT2D eigenvalue weighted by atomic mass is 9.99. The predicted molar refractivity (Wildman–Crippen MR) is 171 cm³/mol. The fourth-order valence-electron chi connectivity index (χ4n) is 5.11. The van der Waals surface area contributed by atoms with E-state index in [9.17, 15) is 31.9 Å². The van der Waals surface area contributed by atoms with E-state index in [0.717, 1.165) is 31.0 Å². The van der Waals surface area contributed by atoms with Gasteiger partial charge < -0.3 is 20.6 Å². The molecule has 0 saturated heterocycles. The Morgan fingerprint density at radius 1 is 0.889 bits per heavy atom. The minimum atomic E-state index is -3.39. The van der Waals surface area contributed by atoms with Crippen molar-refractivity contribution in [1.29, 1.82) is 0 Å². The summed E-state index contributed by atoms with van der Waals surface area (Å²) in [6.07, 6.45) is 0.315. The summed E-state index contributed by atoms with van der Waals surface area (Å²) in [5.41, 5.74) is 2.22. The molecule has 11 heteroatoms. The van der Waals surface area contributed by atoms with Crippen molar-refractivity contribution in [2.45, 2.75) is 70.5 Å². The number of aryl methyl sites for hydroxylation is 1. The Kier molecular flexibility index (Phi) is 13.2. The largest absolute Gasteiger partial charge is 0.390 e. The van der Waals surface area contributed by atoms with Crippen LogP contribution in [0, 0.1) is 18.6 Å². The van der Waals surface area contributed by atoms with Crippen LogP contribution < -0.4 is 10.6 Å². The average Bonchev–Trinajstić information content (AvgIpc) is 2.99. The molecule has 0 aliphatic heterocycles. The highest BCUT2D eigenvalue weighted by Crippen LogP contribution is 2.17. The second-order valence-electron chi connectivity index (χ2n) is 11.2. The molecule has 3 N–H and O–H groups in total. The van der Waals surface area contributed by atoms with E-state index in [1.54, 1.807) is 49.1 Å². The zero-order valence-corrected chi connectivity index (χ0v) is 27.1. The zero-order valence-electron chi connectivity index (χ0n) is 26.3. The summed E-state index contributed by atoms with van der Waals surface area (Å²) < 4.78 is 52.5. The SMILES string of the molecule is CCCN(CCC)C(=O)c1cc(C)cc(C(=O)N[C@@H](Cc2cc(F)cc(F)c2)[C@H](O)CNCc2cccc(S(=O)(=O)CC)c2)c1. The summed E-state index contributed by atoms with van der Waals surface area (Å²) in [7, 11) is -3.39. The molecule has 2 atom stereocenters. The molecular formula is C34H43F2N3O5S. The minimum Gasteiger partial charge on any atom is -0.390 e. The van der Waals surface area contributed by atoms with Crippen LogP contribution >= 0.6 is 0 Å². The number of sulfone groups is 1. The zero-order chi connectivity index (χ0) is 33.1. The lowest BCUT2D eigenvalue weighted by Crippen LogP contribution is -2.48. The van der Waals surface area contributed by atoms with Crippen LogP contribution in [0.4, 0.5) is 8.78 Å². The lowest BCUT2D eigenvalue weighted by Gasteiger charge is -2.25. The topological polar surface area (TPSA) is 116 Å². The molecule has 2 amide bonds. The highest BCUT2D eigenvalue weighted by atomic mass is 32.2. The number of hydrogen-bond acceptors (Lipinski definition) is 6. The van der Waals surface area contributed by atoms with Gasteiger partial charge in [-0.2, -0.15) is 0 Å². The van der Waals surface area contributed by atoms with E-state index in [-0.39, 0.29) is 47.2 Å². The Bertz CT molecular complexity index is 1560. The molecule has 0 aliphatic rings. The van der Waals surface area contributed by atoms with Crippen molar-refractivity contribution in [3.63, 3.8) is 0 Å². The average molecular weight is 644 g/mol. The first-order valence-electron chi connectivity index (χ1n) is 15.2. The van der Waals surface area contributed by atoms with Gasteiger partial charge in [0.25, 0.3) is 11.8 Å². The van der Waals surface area contributed by atoms with E-state index in [1.165, 1.54) is 12.1 Å². The number of aliphatic hydroxyl groups is 1. The van der Waals surface area contributed by atoms with Gasteiger partial charge in [0.05, 0.1) is 22.8 Å². The molecule has 0 fully saturated rings. The normalized spacial score (nSPS) is 12.9. The van der Waals surface area contributed by atoms with Gasteiger partial charge >= 0.3 is 0 Å². The Hall–Kier alpha value is -3.67. The molecule has 244 valence electrons. The minimum absolute atomic E-state index is 0.0198. The first kappa shape index (κ1) is 35.8. The van der Waals surface area contributed by atoms with Gasteiger partial charge in [-0.05, 0) is 85.3 Å². The first-order chi connectivity index (χ1) is 21.4. The van der Waals surface area contributed by atoms with Crippen molar-refractivity contribution in [2.24, 2.45) is 0 Å². The predicted octanol–water partition coefficient (Wildman–Crippen LogP) is 4.82. The van der Waals surface area contributed by atoms with E-state index in [2.05, 4.69) is 10.6 Å². The maximum absolute atomic E-state index is 14.0. The second kappa shape index (κ2) is 16.6. The monoisotopic (exact) mass is 643 g/mol. The van der Waals surface area contributed by atoms with Crippen LogP contribution in [-0.2, 0) is 22.8 Å². The van der Waals surface area contributed by atoms with Crippen LogP contribution in [0.15, 0.2) is 65.6 Å². The highest BCUT2D eigenvalue weighted by molar-refractivity contribution is 7.91. The third kappa shape index (κ3) is 10.4. The van der Waals surface area contributed by atoms with Crippen LogP contribution in [0.3, 0.4) is 0 Å². The molecule has 0 bridgehead atoms. The molecule has 0 aliphatic carbocycles. The standard InChI is InChI=1S/C34H43F2N3O5S/c1-5-11-39(12-6-2)34(42)27-14-23(4)13-26(19-27)33(41)38-31(18-25-15-28(35)20-29(36)16-25)32(40)22-37-21-24-9-8-10-30(17-24)45(43,44)7-3/h8-10,13-17,19-20,31-32,37,40H,5-7,11-12,18,21-22H2,1-4H3,(H,38,41)/t31-,32+/m0/s1. The van der Waals surface area contributed by atoms with Crippen molar-refractivity contribution >= 4 is 21.7 Å². The summed E-state index contributed by atoms with van der Waals surface area (Å²) in [6, 6.07) is 13.4. The van der Waals surface area contributed by atoms with Crippen molar-refractivity contribution in [2.75, 3.05) is 25.4 Å². The molecule has 3 aromatic rings. The number of nitrogens with one attached hydrogen (secondary N) is 2. The Labute approximate surface area is 264 Å². The van der Waals surface area contributed by atoms with Crippen LogP contribution in [-0.4, -0.2) is 67.8 Å². The van der Waals surface area contributed by atoms with Gasteiger partial charge in [0, 0.05) is 43.4 Å². The molecule has 0 spiro atoms. The van der Waals surface area contributed by atoms with E-state index in [0.29, 0.717) is 29.8 Å². The van der Waals surface area contributed by atoms with Gasteiger partial charge in [0.2, 0.25) is 0 Å². The van der Waals surface area contributed by atoms with Crippen LogP contribution in [0.1, 0.15) is 71.0 Å². The molecule has 0 heterocycles. The maximum atomic E-state index is 14.0. The number of nitrogens with zero attached hydrogens (tertiary/aromatic N) is 1. The van der Waals surface area contributed by atoms with Gasteiger partial charge in [-0.3, -0.25) is 9.59 Å². The quantitative estimate of drug-likeness (QED) is 0.206. The molecule has 0 saturated carbocycles. The first-order valence-corrected chi connectivity index (χ1v) is 16.9. The summed E-state index contributed by atoms with van der Waals surface area (Å²) in [5, 5.41) is 17.0. The van der Waals surface area contributed by atoms with Gasteiger partial charge in [-0.15, -0.1) is 0 Å². The molecule has 0 radical (unpaired) electrons. The van der Waals surface area contributed by atoms with E-state index in [4.69, 9.17) is 0 Å². The van der Waals surface area contributed by atoms with Gasteiger partial charge in [0.1, 0.15) is 11.6 Å². The number of hydrogen-bond donors (Lipinski definition) is 3. The molecule has 45 heavy (non-hydrogen) atoms. The smallest absolute Gasteiger partial charge is 0.253 e. The number of rotatable bonds is 16. The molecule has 3 aromatic carbocycles. The van der Waals surface area contributed by atoms with Gasteiger partial charge in [-0.1, -0.05) is 32.9 Å². The number of benzene rings is 3. The van der Waals surface area contributed by atoms with E-state index in [1.807, 2.05) is 13.8 Å². The molecule has 3 rings (SSSR count). The molecule has 0 unspecified atom stereocenters. The Morgan fingerprint density at radius 3 is 2.16 bits per heavy atom. The number of halogens is 2. The van der Waals surface area contributed by atoms with Gasteiger partial charge in [0.15, 0.2) is 9.84 Å². The highest BCUT2D eigenvalue weighted by Gasteiger charge is 2.24. The van der Waals surface area contributed by atoms with E-state index < -0.39 is 39.5 Å². The van der Waals surface area contributed by atoms with E-state index >= 15 is 0 Å². The van der Waals surface area contributed by atoms with Crippen LogP contribution in [0.5, 0.6) is 0 Å².